The van der Waals surface area contributed by atoms with Crippen LogP contribution in [-0.4, -0.2) is 41.9 Å². The summed E-state index contributed by atoms with van der Waals surface area (Å²) in [5.41, 5.74) is 3.05. The summed E-state index contributed by atoms with van der Waals surface area (Å²) in [5.74, 6) is 3.26. The van der Waals surface area contributed by atoms with E-state index >= 15 is 0 Å². The van der Waals surface area contributed by atoms with Gasteiger partial charge in [0, 0.05) is 24.9 Å². The molecule has 2 atom stereocenters. The summed E-state index contributed by atoms with van der Waals surface area (Å²) < 4.78 is 5.79. The fraction of sp³-hybridized carbons (Fsp3) is 0.577. The lowest BCUT2D eigenvalue weighted by atomic mass is 9.89. The molecule has 1 aliphatic carbocycles. The van der Waals surface area contributed by atoms with Crippen LogP contribution in [0.2, 0.25) is 0 Å². The van der Waals surface area contributed by atoms with Crippen molar-refractivity contribution in [3.05, 3.63) is 59.0 Å². The maximum absolute atomic E-state index is 13.2. The molecule has 160 valence electrons. The molecule has 2 unspecified atom stereocenters. The number of aryl methyl sites for hydroxylation is 1. The van der Waals surface area contributed by atoms with Crippen molar-refractivity contribution in [2.45, 2.75) is 58.4 Å². The lowest BCUT2D eigenvalue weighted by Gasteiger charge is -2.34. The van der Waals surface area contributed by atoms with Crippen molar-refractivity contribution in [3.8, 4) is 0 Å². The summed E-state index contributed by atoms with van der Waals surface area (Å²) in [6, 6.07) is 12.8. The Hall–Kier alpha value is -2.07. The van der Waals surface area contributed by atoms with Crippen molar-refractivity contribution < 1.29 is 9.21 Å². The summed E-state index contributed by atoms with van der Waals surface area (Å²) in [6.45, 7) is 9.36. The molecule has 4 nitrogen and oxygen atoms in total. The predicted octanol–water partition coefficient (Wildman–Crippen LogP) is 4.77. The Morgan fingerprint density at radius 3 is 2.63 bits per heavy atom. The third kappa shape index (κ3) is 3.82. The Morgan fingerprint density at radius 2 is 1.90 bits per heavy atom. The Kier molecular flexibility index (Phi) is 5.22. The van der Waals surface area contributed by atoms with E-state index in [4.69, 9.17) is 4.42 Å². The Balaban J connectivity index is 1.10. The minimum absolute atomic E-state index is 0.273. The highest BCUT2D eigenvalue weighted by molar-refractivity contribution is 5.83. The molecule has 2 aromatic rings. The number of benzene rings is 1. The lowest BCUT2D eigenvalue weighted by Crippen LogP contribution is -2.40. The zero-order valence-electron chi connectivity index (χ0n) is 18.4. The average Bonchev–Trinajstić information content (AvgIpc) is 3.29. The molecule has 1 amide bonds. The zero-order chi connectivity index (χ0) is 20.7. The fourth-order valence-electron chi connectivity index (χ4n) is 5.61. The van der Waals surface area contributed by atoms with Gasteiger partial charge in [0.25, 0.3) is 0 Å². The van der Waals surface area contributed by atoms with Crippen molar-refractivity contribution in [3.63, 3.8) is 0 Å². The van der Waals surface area contributed by atoms with E-state index < -0.39 is 0 Å². The second-order valence-electron chi connectivity index (χ2n) is 9.88. The summed E-state index contributed by atoms with van der Waals surface area (Å²) in [5, 5.41) is 0. The van der Waals surface area contributed by atoms with Crippen LogP contribution in [0.5, 0.6) is 0 Å². The number of carbonyl (C=O) groups is 1. The monoisotopic (exact) mass is 406 g/mol. The van der Waals surface area contributed by atoms with Crippen LogP contribution in [0.1, 0.15) is 61.2 Å². The molecule has 1 saturated heterocycles. The molecule has 1 spiro atoms. The van der Waals surface area contributed by atoms with Crippen LogP contribution in [0.4, 0.5) is 0 Å². The van der Waals surface area contributed by atoms with Gasteiger partial charge >= 0.3 is 0 Å². The van der Waals surface area contributed by atoms with Gasteiger partial charge < -0.3 is 14.2 Å². The van der Waals surface area contributed by atoms with Crippen molar-refractivity contribution in [2.24, 2.45) is 11.3 Å². The number of furan rings is 1. The molecule has 2 aliphatic heterocycles. The highest BCUT2D eigenvalue weighted by Crippen LogP contribution is 2.60. The summed E-state index contributed by atoms with van der Waals surface area (Å²) in [6.07, 6.45) is 5.61. The van der Waals surface area contributed by atoms with E-state index in [1.165, 1.54) is 24.0 Å². The number of likely N-dealkylation sites (tertiary alicyclic amines) is 1. The molecule has 30 heavy (non-hydrogen) atoms. The van der Waals surface area contributed by atoms with Crippen molar-refractivity contribution in [1.29, 1.82) is 0 Å². The predicted molar refractivity (Wildman–Crippen MR) is 118 cm³/mol. The Bertz CT molecular complexity index is 909. The quantitative estimate of drug-likeness (QED) is 0.718. The van der Waals surface area contributed by atoms with Gasteiger partial charge in [-0.1, -0.05) is 31.2 Å². The highest BCUT2D eigenvalue weighted by Gasteiger charge is 2.59. The molecule has 1 aromatic carbocycles. The molecule has 1 aromatic heterocycles. The third-order valence-corrected chi connectivity index (χ3v) is 7.91. The lowest BCUT2D eigenvalue weighted by molar-refractivity contribution is -0.134. The Morgan fingerprint density at radius 1 is 1.13 bits per heavy atom. The molecule has 3 heterocycles. The van der Waals surface area contributed by atoms with E-state index in [0.29, 0.717) is 17.2 Å². The van der Waals surface area contributed by atoms with Gasteiger partial charge in [-0.15, -0.1) is 0 Å². The molecule has 0 N–H and O–H groups in total. The molecule has 0 radical (unpaired) electrons. The number of rotatable bonds is 5. The molecule has 5 rings (SSSR count). The van der Waals surface area contributed by atoms with Crippen LogP contribution < -0.4 is 0 Å². The summed E-state index contributed by atoms with van der Waals surface area (Å²) in [7, 11) is 0. The van der Waals surface area contributed by atoms with Gasteiger partial charge in [0.05, 0.1) is 0 Å². The number of hydrogen-bond donors (Lipinski definition) is 0. The highest BCUT2D eigenvalue weighted by atomic mass is 16.3. The fourth-order valence-corrected chi connectivity index (χ4v) is 5.61. The van der Waals surface area contributed by atoms with Crippen LogP contribution >= 0.6 is 0 Å². The van der Waals surface area contributed by atoms with Gasteiger partial charge in [-0.25, -0.2) is 0 Å². The van der Waals surface area contributed by atoms with E-state index in [9.17, 15) is 4.79 Å². The Labute approximate surface area is 180 Å². The minimum atomic E-state index is 0.273. The maximum Gasteiger partial charge on any atom is 0.226 e. The number of carbonyl (C=O) groups excluding carboxylic acids is 1. The largest absolute Gasteiger partial charge is 0.466 e. The average molecular weight is 407 g/mol. The summed E-state index contributed by atoms with van der Waals surface area (Å²) >= 11 is 0. The van der Waals surface area contributed by atoms with E-state index in [2.05, 4.69) is 53.1 Å². The van der Waals surface area contributed by atoms with E-state index in [0.717, 1.165) is 63.5 Å². The van der Waals surface area contributed by atoms with Crippen molar-refractivity contribution >= 4 is 5.91 Å². The molecular weight excluding hydrogens is 372 g/mol. The maximum atomic E-state index is 13.2. The normalized spacial score (nSPS) is 23.9. The third-order valence-electron chi connectivity index (χ3n) is 7.91. The molecule has 0 bridgehead atoms. The van der Waals surface area contributed by atoms with E-state index in [1.807, 2.05) is 6.92 Å². The van der Waals surface area contributed by atoms with Crippen molar-refractivity contribution in [2.75, 3.05) is 26.2 Å². The number of hydrogen-bond acceptors (Lipinski definition) is 3. The zero-order valence-corrected chi connectivity index (χ0v) is 18.4. The van der Waals surface area contributed by atoms with Gasteiger partial charge in [0.1, 0.15) is 11.5 Å². The first-order chi connectivity index (χ1) is 14.5. The van der Waals surface area contributed by atoms with Crippen LogP contribution in [-0.2, 0) is 17.8 Å². The first kappa shape index (κ1) is 19.9. The first-order valence-electron chi connectivity index (χ1n) is 11.7. The SMILES string of the molecule is Cc1ccc(C(C)CCN2CCC3(CC2)CC3C(=O)N2CCc3ccccc3C2)o1. The standard InChI is InChI=1S/C26H34N2O2/c1-19(24-8-7-20(2)30-24)9-13-27-15-11-26(12-16-27)17-23(26)25(29)28-14-10-21-5-3-4-6-22(21)18-28/h3-8,19,23H,9-18H2,1-2H3. The van der Waals surface area contributed by atoms with Gasteiger partial charge in [-0.05, 0) is 87.3 Å². The van der Waals surface area contributed by atoms with Crippen LogP contribution in [0, 0.1) is 18.3 Å². The summed E-state index contributed by atoms with van der Waals surface area (Å²) in [4.78, 5) is 17.9. The second kappa shape index (κ2) is 7.88. The molecule has 4 heteroatoms. The number of nitrogens with zero attached hydrogens (tertiary/aromatic N) is 2. The van der Waals surface area contributed by atoms with Gasteiger partial charge in [-0.2, -0.15) is 0 Å². The van der Waals surface area contributed by atoms with E-state index in [1.54, 1.807) is 0 Å². The van der Waals surface area contributed by atoms with Crippen LogP contribution in [0.3, 0.4) is 0 Å². The molecule has 2 fully saturated rings. The van der Waals surface area contributed by atoms with Crippen molar-refractivity contribution in [1.82, 2.24) is 9.80 Å². The minimum Gasteiger partial charge on any atom is -0.466 e. The van der Waals surface area contributed by atoms with Gasteiger partial charge in [0.2, 0.25) is 5.91 Å². The first-order valence-corrected chi connectivity index (χ1v) is 11.7. The van der Waals surface area contributed by atoms with Gasteiger partial charge in [-0.3, -0.25) is 4.79 Å². The number of fused-ring (bicyclic) bond motifs is 1. The van der Waals surface area contributed by atoms with Gasteiger partial charge in [0.15, 0.2) is 0 Å². The topological polar surface area (TPSA) is 36.7 Å². The van der Waals surface area contributed by atoms with E-state index in [-0.39, 0.29) is 5.92 Å². The number of amides is 1. The molecular formula is C26H34N2O2. The molecule has 3 aliphatic rings. The van der Waals surface area contributed by atoms with Crippen LogP contribution in [0.25, 0.3) is 0 Å². The smallest absolute Gasteiger partial charge is 0.226 e. The van der Waals surface area contributed by atoms with Crippen LogP contribution in [0.15, 0.2) is 40.8 Å². The molecule has 1 saturated carbocycles. The number of piperidine rings is 1. The second-order valence-corrected chi connectivity index (χ2v) is 9.88.